The molecule has 1 heterocycles. The monoisotopic (exact) mass is 609 g/mol. The molecule has 0 fully saturated rings. The summed E-state index contributed by atoms with van der Waals surface area (Å²) < 4.78 is 42.9. The van der Waals surface area contributed by atoms with Gasteiger partial charge in [0.2, 0.25) is 0 Å². The highest BCUT2D eigenvalue weighted by atomic mass is 127. The Morgan fingerprint density at radius 3 is 2.59 bits per heavy atom. The molecule has 0 aliphatic carbocycles. The van der Waals surface area contributed by atoms with Gasteiger partial charge >= 0.3 is 0 Å². The summed E-state index contributed by atoms with van der Waals surface area (Å²) in [5, 5.41) is 20.3. The van der Waals surface area contributed by atoms with E-state index in [-0.39, 0.29) is 5.82 Å². The van der Waals surface area contributed by atoms with E-state index in [1.165, 1.54) is 6.20 Å². The highest BCUT2D eigenvalue weighted by molar-refractivity contribution is 14.1. The molecule has 27 heavy (non-hydrogen) atoms. The summed E-state index contributed by atoms with van der Waals surface area (Å²) in [4.78, 5) is 20.9. The number of aliphatic hydroxyl groups excluding tert-OH is 2. The number of carbonyl (C=O) groups excluding carboxylic acids is 1. The Labute approximate surface area is 178 Å². The van der Waals surface area contributed by atoms with Crippen LogP contribution in [0.1, 0.15) is 10.4 Å². The second-order valence-corrected chi connectivity index (χ2v) is 7.50. The van der Waals surface area contributed by atoms with Crippen molar-refractivity contribution in [3.05, 3.63) is 48.5 Å². The fourth-order valence-electron chi connectivity index (χ4n) is 1.83. The third-order valence-corrected chi connectivity index (χ3v) is 4.52. The number of hydrogen-bond acceptors (Lipinski definition) is 6. The van der Waals surface area contributed by atoms with Gasteiger partial charge < -0.3 is 15.5 Å². The van der Waals surface area contributed by atoms with Crippen molar-refractivity contribution in [2.24, 2.45) is 0 Å². The number of benzene rings is 1. The van der Waals surface area contributed by atoms with Crippen LogP contribution in [0.4, 0.5) is 24.7 Å². The summed E-state index contributed by atoms with van der Waals surface area (Å²) in [6.45, 7) is -1.08. The van der Waals surface area contributed by atoms with E-state index >= 15 is 0 Å². The molecule has 2 rings (SSSR count). The molecular weight excluding hydrogens is 597 g/mol. The molecule has 0 spiro atoms. The predicted octanol–water partition coefficient (Wildman–Crippen LogP) is 2.47. The lowest BCUT2D eigenvalue weighted by Gasteiger charge is -2.15. The molecule has 146 valence electrons. The average molecular weight is 609 g/mol. The Morgan fingerprint density at radius 2 is 1.96 bits per heavy atom. The Hall–Kier alpha value is -1.23. The molecule has 1 aromatic carbocycles. The Balaban J connectivity index is 2.34. The van der Waals surface area contributed by atoms with Gasteiger partial charge in [-0.15, -0.1) is 0 Å². The summed E-state index contributed by atoms with van der Waals surface area (Å²) >= 11 is 3.92. The number of hydrogen-bond donors (Lipinski definition) is 4. The second kappa shape index (κ2) is 9.81. The normalized spacial score (nSPS) is 12.0. The maximum Gasteiger partial charge on any atom is 0.277 e. The Kier molecular flexibility index (Phi) is 8.02. The van der Waals surface area contributed by atoms with Gasteiger partial charge in [-0.25, -0.2) is 23.6 Å². The number of aromatic nitrogens is 1. The second-order valence-electron chi connectivity index (χ2n) is 5.10. The fourth-order valence-corrected chi connectivity index (χ4v) is 3.49. The Bertz CT molecular complexity index is 858. The van der Waals surface area contributed by atoms with Gasteiger partial charge in [-0.2, -0.15) is 0 Å². The highest BCUT2D eigenvalue weighted by Gasteiger charge is 2.24. The molecule has 1 aromatic heterocycles. The molecule has 1 amide bonds. The third kappa shape index (κ3) is 5.63. The zero-order chi connectivity index (χ0) is 20.1. The minimum atomic E-state index is -1.76. The lowest BCUT2D eigenvalue weighted by Crippen LogP contribution is -2.30. The maximum atomic E-state index is 14.3. The van der Waals surface area contributed by atoms with E-state index < -0.39 is 53.9 Å². The molecule has 0 aliphatic rings. The van der Waals surface area contributed by atoms with Crippen LogP contribution in [0.5, 0.6) is 0 Å². The zero-order valence-electron chi connectivity index (χ0n) is 13.3. The molecular formula is C15H12F3I2N3O4. The van der Waals surface area contributed by atoms with E-state index in [0.29, 0.717) is 9.64 Å². The van der Waals surface area contributed by atoms with Crippen LogP contribution in [-0.4, -0.2) is 40.4 Å². The van der Waals surface area contributed by atoms with Crippen LogP contribution < -0.4 is 10.8 Å². The number of halogens is 5. The van der Waals surface area contributed by atoms with Crippen LogP contribution >= 0.6 is 45.2 Å². The van der Waals surface area contributed by atoms with E-state index in [2.05, 4.69) is 15.1 Å². The van der Waals surface area contributed by atoms with Gasteiger partial charge in [-0.05, 0) is 57.3 Å². The van der Waals surface area contributed by atoms with Crippen LogP contribution in [0.25, 0.3) is 0 Å². The van der Waals surface area contributed by atoms with E-state index in [1.807, 2.05) is 50.7 Å². The van der Waals surface area contributed by atoms with Crippen LogP contribution in [0.3, 0.4) is 0 Å². The van der Waals surface area contributed by atoms with Crippen molar-refractivity contribution in [3.8, 4) is 0 Å². The standard InChI is InChI=1S/C15H12F3I2N3O4/c16-9-2-8(15(26)23-27-5-7(25)4-24)13(12(18)11(9)17)22-14-10(20)1-6(19)3-21-14/h1-3,7,24-25H,4-5H2,(H,21,22)(H,23,26). The number of rotatable bonds is 7. The number of hydroxylamine groups is 1. The summed E-state index contributed by atoms with van der Waals surface area (Å²) in [6, 6.07) is 2.20. The molecule has 7 nitrogen and oxygen atoms in total. The van der Waals surface area contributed by atoms with E-state index in [0.717, 1.165) is 3.57 Å². The molecule has 1 unspecified atom stereocenters. The highest BCUT2D eigenvalue weighted by Crippen LogP contribution is 2.29. The molecule has 1 atom stereocenters. The van der Waals surface area contributed by atoms with Gasteiger partial charge in [-0.3, -0.25) is 9.63 Å². The minimum absolute atomic E-state index is 0.131. The molecule has 12 heteroatoms. The SMILES string of the molecule is O=C(NOCC(O)CO)c1cc(F)c(F)c(F)c1Nc1ncc(I)cc1I. The number of amides is 1. The average Bonchev–Trinajstić information content (AvgIpc) is 2.63. The molecule has 0 saturated heterocycles. The lowest BCUT2D eigenvalue weighted by atomic mass is 10.1. The van der Waals surface area contributed by atoms with Gasteiger partial charge in [0, 0.05) is 9.77 Å². The third-order valence-electron chi connectivity index (χ3n) is 3.11. The summed E-state index contributed by atoms with van der Waals surface area (Å²) in [6.07, 6.45) is 0.198. The molecule has 2 aromatic rings. The van der Waals surface area contributed by atoms with E-state index in [4.69, 9.17) is 10.2 Å². The van der Waals surface area contributed by atoms with Crippen molar-refractivity contribution in [2.75, 3.05) is 18.5 Å². The van der Waals surface area contributed by atoms with Gasteiger partial charge in [-0.1, -0.05) is 0 Å². The number of anilines is 2. The Morgan fingerprint density at radius 1 is 1.26 bits per heavy atom. The number of nitrogens with one attached hydrogen (secondary N) is 2. The van der Waals surface area contributed by atoms with Crippen molar-refractivity contribution < 1.29 is 33.0 Å². The van der Waals surface area contributed by atoms with E-state index in [1.54, 1.807) is 6.07 Å². The zero-order valence-corrected chi connectivity index (χ0v) is 17.6. The summed E-state index contributed by atoms with van der Waals surface area (Å²) in [5.74, 6) is -5.89. The van der Waals surface area contributed by atoms with Crippen molar-refractivity contribution in [1.82, 2.24) is 10.5 Å². The van der Waals surface area contributed by atoms with Crippen LogP contribution in [0.15, 0.2) is 18.3 Å². The summed E-state index contributed by atoms with van der Waals surface area (Å²) in [5.41, 5.74) is 0.641. The van der Waals surface area contributed by atoms with Crippen molar-refractivity contribution >= 4 is 62.6 Å². The van der Waals surface area contributed by atoms with Crippen LogP contribution in [0, 0.1) is 24.6 Å². The number of pyridine rings is 1. The fraction of sp³-hybridized carbons (Fsp3) is 0.200. The number of aliphatic hydroxyl groups is 2. The first-order chi connectivity index (χ1) is 12.7. The maximum absolute atomic E-state index is 14.3. The quantitative estimate of drug-likeness (QED) is 0.219. The van der Waals surface area contributed by atoms with Gasteiger partial charge in [0.05, 0.1) is 21.4 Å². The van der Waals surface area contributed by atoms with E-state index in [9.17, 15) is 18.0 Å². The first-order valence-electron chi connectivity index (χ1n) is 7.21. The first-order valence-corrected chi connectivity index (χ1v) is 9.37. The van der Waals surface area contributed by atoms with Gasteiger partial charge in [0.15, 0.2) is 17.5 Å². The van der Waals surface area contributed by atoms with Crippen LogP contribution in [0.2, 0.25) is 0 Å². The minimum Gasteiger partial charge on any atom is -0.394 e. The molecule has 0 radical (unpaired) electrons. The van der Waals surface area contributed by atoms with Crippen molar-refractivity contribution in [3.63, 3.8) is 0 Å². The predicted molar refractivity (Wildman–Crippen MR) is 106 cm³/mol. The van der Waals surface area contributed by atoms with Gasteiger partial charge in [0.1, 0.15) is 18.5 Å². The summed E-state index contributed by atoms with van der Waals surface area (Å²) in [7, 11) is 0. The van der Waals surface area contributed by atoms with Gasteiger partial charge in [0.25, 0.3) is 5.91 Å². The van der Waals surface area contributed by atoms with Crippen molar-refractivity contribution in [2.45, 2.75) is 6.10 Å². The smallest absolute Gasteiger partial charge is 0.277 e. The molecule has 0 saturated carbocycles. The molecule has 4 N–H and O–H groups in total. The number of carbonyl (C=O) groups is 1. The largest absolute Gasteiger partial charge is 0.394 e. The topological polar surface area (TPSA) is 104 Å². The van der Waals surface area contributed by atoms with Crippen LogP contribution in [-0.2, 0) is 4.84 Å². The number of nitrogens with zero attached hydrogens (tertiary/aromatic N) is 1. The lowest BCUT2D eigenvalue weighted by molar-refractivity contribution is -0.0295. The molecule has 0 bridgehead atoms. The molecule has 0 aliphatic heterocycles. The van der Waals surface area contributed by atoms with Crippen molar-refractivity contribution in [1.29, 1.82) is 0 Å². The first kappa shape index (κ1) is 22.1.